The number of H-pyrrole nitrogens is 1. The van der Waals surface area contributed by atoms with Crippen LogP contribution in [0.4, 0.5) is 4.79 Å². The third kappa shape index (κ3) is 2.38. The normalized spacial score (nSPS) is 16.2. The summed E-state index contributed by atoms with van der Waals surface area (Å²) in [7, 11) is 0. The second-order valence-electron chi connectivity index (χ2n) is 6.37. The Hall–Kier alpha value is -1.97. The van der Waals surface area contributed by atoms with Gasteiger partial charge in [0.1, 0.15) is 5.60 Å². The Morgan fingerprint density at radius 2 is 2.00 bits per heavy atom. The molecule has 2 aromatic rings. The van der Waals surface area contributed by atoms with Crippen LogP contribution < -0.4 is 0 Å². The van der Waals surface area contributed by atoms with E-state index in [1.54, 1.807) is 4.90 Å². The van der Waals surface area contributed by atoms with E-state index in [1.807, 2.05) is 32.9 Å². The number of benzene rings is 1. The first-order chi connectivity index (χ1) is 9.44. The van der Waals surface area contributed by atoms with Crippen LogP contribution in [0.15, 0.2) is 30.5 Å². The van der Waals surface area contributed by atoms with Crippen molar-refractivity contribution in [3.63, 3.8) is 0 Å². The van der Waals surface area contributed by atoms with E-state index >= 15 is 0 Å². The lowest BCUT2D eigenvalue weighted by Crippen LogP contribution is -2.50. The Kier molecular flexibility index (Phi) is 2.96. The molecule has 1 aromatic carbocycles. The van der Waals surface area contributed by atoms with Gasteiger partial charge < -0.3 is 14.6 Å². The number of fused-ring (bicyclic) bond motifs is 1. The van der Waals surface area contributed by atoms with Gasteiger partial charge in [-0.15, -0.1) is 0 Å². The molecule has 1 aromatic heterocycles. The lowest BCUT2D eigenvalue weighted by Gasteiger charge is -2.39. The van der Waals surface area contributed by atoms with Gasteiger partial charge in [0.15, 0.2) is 0 Å². The summed E-state index contributed by atoms with van der Waals surface area (Å²) in [6.45, 7) is 7.14. The number of nitrogens with zero attached hydrogens (tertiary/aromatic N) is 1. The summed E-state index contributed by atoms with van der Waals surface area (Å²) in [4.78, 5) is 17.0. The fourth-order valence-corrected chi connectivity index (χ4v) is 2.58. The Labute approximate surface area is 118 Å². The van der Waals surface area contributed by atoms with Gasteiger partial charge in [0, 0.05) is 36.1 Å². The van der Waals surface area contributed by atoms with Crippen LogP contribution in [-0.2, 0) is 4.74 Å². The van der Waals surface area contributed by atoms with Crippen molar-refractivity contribution in [3.05, 3.63) is 36.0 Å². The lowest BCUT2D eigenvalue weighted by atomic mass is 9.91. The number of amides is 1. The molecule has 1 aliphatic heterocycles. The fraction of sp³-hybridized carbons (Fsp3) is 0.438. The molecule has 0 radical (unpaired) electrons. The van der Waals surface area contributed by atoms with E-state index in [1.165, 1.54) is 10.9 Å². The third-order valence-electron chi connectivity index (χ3n) is 3.59. The topological polar surface area (TPSA) is 45.3 Å². The van der Waals surface area contributed by atoms with Crippen LogP contribution in [0.1, 0.15) is 32.3 Å². The van der Waals surface area contributed by atoms with E-state index in [4.69, 9.17) is 4.74 Å². The summed E-state index contributed by atoms with van der Waals surface area (Å²) >= 11 is 0. The minimum absolute atomic E-state index is 0.214. The van der Waals surface area contributed by atoms with Crippen molar-refractivity contribution >= 4 is 17.0 Å². The predicted octanol–water partition coefficient (Wildman–Crippen LogP) is 3.50. The fourth-order valence-electron chi connectivity index (χ4n) is 2.58. The summed E-state index contributed by atoms with van der Waals surface area (Å²) < 4.78 is 5.37. The standard InChI is InChI=1S/C16H20N2O2/c1-16(2,3)20-15(19)18-9-11(10-18)13-8-17-14-7-5-4-6-12(13)14/h4-8,11,17H,9-10H2,1-3H3. The maximum absolute atomic E-state index is 11.9. The molecule has 4 nitrogen and oxygen atoms in total. The average molecular weight is 272 g/mol. The average Bonchev–Trinajstić information content (AvgIpc) is 2.69. The van der Waals surface area contributed by atoms with Crippen molar-refractivity contribution in [3.8, 4) is 0 Å². The molecule has 4 heteroatoms. The maximum Gasteiger partial charge on any atom is 0.410 e. The van der Waals surface area contributed by atoms with Crippen LogP contribution in [0, 0.1) is 0 Å². The van der Waals surface area contributed by atoms with E-state index in [0.717, 1.165) is 18.6 Å². The molecular weight excluding hydrogens is 252 g/mol. The SMILES string of the molecule is CC(C)(C)OC(=O)N1CC(c2c[nH]c3ccccc23)C1. The van der Waals surface area contributed by atoms with Gasteiger partial charge in [-0.2, -0.15) is 0 Å². The molecule has 1 N–H and O–H groups in total. The van der Waals surface area contributed by atoms with E-state index < -0.39 is 5.60 Å². The Morgan fingerprint density at radius 1 is 1.30 bits per heavy atom. The zero-order valence-corrected chi connectivity index (χ0v) is 12.1. The van der Waals surface area contributed by atoms with Crippen LogP contribution >= 0.6 is 0 Å². The third-order valence-corrected chi connectivity index (χ3v) is 3.59. The Bertz CT molecular complexity index is 633. The number of hydrogen-bond acceptors (Lipinski definition) is 2. The molecule has 0 atom stereocenters. The summed E-state index contributed by atoms with van der Waals surface area (Å²) in [5, 5.41) is 1.25. The number of aromatic amines is 1. The molecule has 1 saturated heterocycles. The van der Waals surface area contributed by atoms with Crippen molar-refractivity contribution in [1.29, 1.82) is 0 Å². The van der Waals surface area contributed by atoms with Gasteiger partial charge in [-0.25, -0.2) is 4.79 Å². The molecule has 0 unspecified atom stereocenters. The molecular formula is C16H20N2O2. The number of carbonyl (C=O) groups is 1. The van der Waals surface area contributed by atoms with Gasteiger partial charge in [0.05, 0.1) is 0 Å². The van der Waals surface area contributed by atoms with Crippen LogP contribution in [0.2, 0.25) is 0 Å². The number of para-hydroxylation sites is 1. The summed E-state index contributed by atoms with van der Waals surface area (Å²) in [6, 6.07) is 8.26. The molecule has 2 heterocycles. The van der Waals surface area contributed by atoms with E-state index in [0.29, 0.717) is 5.92 Å². The van der Waals surface area contributed by atoms with Crippen LogP contribution in [0.3, 0.4) is 0 Å². The zero-order chi connectivity index (χ0) is 14.3. The van der Waals surface area contributed by atoms with Gasteiger partial charge in [0.2, 0.25) is 0 Å². The number of hydrogen-bond donors (Lipinski definition) is 1. The Morgan fingerprint density at radius 3 is 2.70 bits per heavy atom. The highest BCUT2D eigenvalue weighted by atomic mass is 16.6. The largest absolute Gasteiger partial charge is 0.444 e. The molecule has 0 bridgehead atoms. The molecule has 0 aliphatic carbocycles. The second-order valence-corrected chi connectivity index (χ2v) is 6.37. The van der Waals surface area contributed by atoms with Gasteiger partial charge >= 0.3 is 6.09 Å². The van der Waals surface area contributed by atoms with Crippen molar-refractivity contribution in [1.82, 2.24) is 9.88 Å². The van der Waals surface area contributed by atoms with Crippen molar-refractivity contribution in [2.75, 3.05) is 13.1 Å². The molecule has 3 rings (SSSR count). The first-order valence-electron chi connectivity index (χ1n) is 6.98. The number of nitrogens with one attached hydrogen (secondary N) is 1. The van der Waals surface area contributed by atoms with Gasteiger partial charge in [-0.1, -0.05) is 18.2 Å². The first kappa shape index (κ1) is 13.0. The summed E-state index contributed by atoms with van der Waals surface area (Å²) in [6.07, 6.45) is 1.84. The van der Waals surface area contributed by atoms with E-state index in [-0.39, 0.29) is 6.09 Å². The highest BCUT2D eigenvalue weighted by Gasteiger charge is 2.35. The van der Waals surface area contributed by atoms with Crippen LogP contribution in [-0.4, -0.2) is 34.7 Å². The molecule has 0 saturated carbocycles. The molecule has 1 fully saturated rings. The van der Waals surface area contributed by atoms with Gasteiger partial charge in [-0.05, 0) is 32.4 Å². The van der Waals surface area contributed by atoms with Crippen molar-refractivity contribution < 1.29 is 9.53 Å². The van der Waals surface area contributed by atoms with E-state index in [2.05, 4.69) is 23.3 Å². The molecule has 0 spiro atoms. The zero-order valence-electron chi connectivity index (χ0n) is 12.1. The number of aromatic nitrogens is 1. The Balaban J connectivity index is 1.67. The molecule has 1 amide bonds. The van der Waals surface area contributed by atoms with Gasteiger partial charge in [0.25, 0.3) is 0 Å². The van der Waals surface area contributed by atoms with Crippen LogP contribution in [0.5, 0.6) is 0 Å². The highest BCUT2D eigenvalue weighted by Crippen LogP contribution is 2.33. The number of carbonyl (C=O) groups excluding carboxylic acids is 1. The predicted molar refractivity (Wildman–Crippen MR) is 78.8 cm³/mol. The molecule has 1 aliphatic rings. The maximum atomic E-state index is 11.9. The minimum Gasteiger partial charge on any atom is -0.444 e. The van der Waals surface area contributed by atoms with Gasteiger partial charge in [-0.3, -0.25) is 0 Å². The van der Waals surface area contributed by atoms with Crippen molar-refractivity contribution in [2.24, 2.45) is 0 Å². The van der Waals surface area contributed by atoms with Crippen molar-refractivity contribution in [2.45, 2.75) is 32.3 Å². The summed E-state index contributed by atoms with van der Waals surface area (Å²) in [5.74, 6) is 0.402. The number of rotatable bonds is 1. The molecule has 106 valence electrons. The smallest absolute Gasteiger partial charge is 0.410 e. The quantitative estimate of drug-likeness (QED) is 0.863. The van der Waals surface area contributed by atoms with Crippen LogP contribution in [0.25, 0.3) is 10.9 Å². The first-order valence-corrected chi connectivity index (χ1v) is 6.98. The number of likely N-dealkylation sites (tertiary alicyclic amines) is 1. The minimum atomic E-state index is -0.428. The molecule has 20 heavy (non-hydrogen) atoms. The number of ether oxygens (including phenoxy) is 1. The highest BCUT2D eigenvalue weighted by molar-refractivity contribution is 5.84. The lowest BCUT2D eigenvalue weighted by molar-refractivity contribution is 0.00830. The monoisotopic (exact) mass is 272 g/mol. The summed E-state index contributed by atoms with van der Waals surface area (Å²) in [5.41, 5.74) is 2.02. The second kappa shape index (κ2) is 4.54. The van der Waals surface area contributed by atoms with E-state index in [9.17, 15) is 4.79 Å².